The van der Waals surface area contributed by atoms with Gasteiger partial charge in [0, 0.05) is 30.1 Å². The van der Waals surface area contributed by atoms with Gasteiger partial charge in [0.15, 0.2) is 0 Å². The van der Waals surface area contributed by atoms with E-state index in [-0.39, 0.29) is 0 Å². The third-order valence-corrected chi connectivity index (χ3v) is 3.94. The number of aromatic nitrogens is 2. The molecular weight excluding hydrogens is 210 g/mol. The van der Waals surface area contributed by atoms with Crippen LogP contribution in [0, 0.1) is 5.41 Å². The second-order valence-electron chi connectivity index (χ2n) is 6.09. The lowest BCUT2D eigenvalue weighted by atomic mass is 10.1. The van der Waals surface area contributed by atoms with Gasteiger partial charge >= 0.3 is 0 Å². The summed E-state index contributed by atoms with van der Waals surface area (Å²) in [6, 6.07) is 2.14. The van der Waals surface area contributed by atoms with Crippen molar-refractivity contribution in [3.63, 3.8) is 0 Å². The number of nitrogens with one attached hydrogen (secondary N) is 1. The van der Waals surface area contributed by atoms with Gasteiger partial charge in [-0.05, 0) is 31.6 Å². The molecule has 0 radical (unpaired) electrons. The van der Waals surface area contributed by atoms with Crippen molar-refractivity contribution >= 4 is 5.82 Å². The summed E-state index contributed by atoms with van der Waals surface area (Å²) in [4.78, 5) is 9.45. The van der Waals surface area contributed by atoms with Gasteiger partial charge in [0.05, 0.1) is 0 Å². The highest BCUT2D eigenvalue weighted by Gasteiger charge is 2.49. The maximum atomic E-state index is 4.78. The molecule has 1 aromatic heterocycles. The van der Waals surface area contributed by atoms with Crippen LogP contribution >= 0.6 is 0 Å². The van der Waals surface area contributed by atoms with E-state index in [4.69, 9.17) is 4.98 Å². The van der Waals surface area contributed by atoms with E-state index in [9.17, 15) is 0 Å². The fourth-order valence-electron chi connectivity index (χ4n) is 2.41. The second kappa shape index (κ2) is 3.69. The predicted octanol–water partition coefficient (Wildman–Crippen LogP) is 3.30. The molecule has 0 amide bonds. The summed E-state index contributed by atoms with van der Waals surface area (Å²) in [5.41, 5.74) is 1.67. The second-order valence-corrected chi connectivity index (χ2v) is 6.09. The van der Waals surface area contributed by atoms with Gasteiger partial charge in [-0.2, -0.15) is 0 Å². The highest BCUT2D eigenvalue weighted by molar-refractivity contribution is 5.39. The average molecular weight is 231 g/mol. The largest absolute Gasteiger partial charge is 0.370 e. The minimum atomic E-state index is 0.408. The lowest BCUT2D eigenvalue weighted by Gasteiger charge is -2.09. The Morgan fingerprint density at radius 2 is 2.06 bits per heavy atom. The maximum absolute atomic E-state index is 4.78. The van der Waals surface area contributed by atoms with E-state index in [0.29, 0.717) is 17.3 Å². The molecular formula is C14H21N3. The molecule has 0 spiro atoms. The van der Waals surface area contributed by atoms with Crippen LogP contribution in [0.15, 0.2) is 6.07 Å². The zero-order valence-corrected chi connectivity index (χ0v) is 11.0. The van der Waals surface area contributed by atoms with Gasteiger partial charge in [-0.1, -0.05) is 13.8 Å². The van der Waals surface area contributed by atoms with Crippen LogP contribution < -0.4 is 5.32 Å². The molecule has 1 unspecified atom stereocenters. The summed E-state index contributed by atoms with van der Waals surface area (Å²) < 4.78 is 0. The van der Waals surface area contributed by atoms with Crippen molar-refractivity contribution in [1.82, 2.24) is 9.97 Å². The van der Waals surface area contributed by atoms with Gasteiger partial charge in [-0.25, -0.2) is 9.97 Å². The van der Waals surface area contributed by atoms with Gasteiger partial charge in [0.25, 0.3) is 0 Å². The summed E-state index contributed by atoms with van der Waals surface area (Å²) in [6.07, 6.45) is 3.83. The van der Waals surface area contributed by atoms with Crippen molar-refractivity contribution < 1.29 is 0 Å². The van der Waals surface area contributed by atoms with Crippen LogP contribution in [0.4, 0.5) is 5.82 Å². The van der Waals surface area contributed by atoms with Crippen LogP contribution in [-0.2, 0) is 0 Å². The monoisotopic (exact) mass is 231 g/mol. The standard InChI is InChI=1S/C14H21N3/c1-4-15-12-7-11(9-5-6-9)16-13(17-12)10-8-14(10,2)3/h7,9-10H,4-6,8H2,1-3H3,(H,15,16,17). The van der Waals surface area contributed by atoms with Crippen LogP contribution in [-0.4, -0.2) is 16.5 Å². The van der Waals surface area contributed by atoms with Crippen LogP contribution in [0.2, 0.25) is 0 Å². The zero-order valence-electron chi connectivity index (χ0n) is 11.0. The summed E-state index contributed by atoms with van der Waals surface area (Å²) >= 11 is 0. The molecule has 1 heterocycles. The van der Waals surface area contributed by atoms with Crippen LogP contribution in [0.1, 0.15) is 63.4 Å². The van der Waals surface area contributed by atoms with E-state index in [1.165, 1.54) is 25.0 Å². The molecule has 2 aliphatic rings. The van der Waals surface area contributed by atoms with Gasteiger partial charge in [-0.3, -0.25) is 0 Å². The first kappa shape index (κ1) is 11.0. The van der Waals surface area contributed by atoms with E-state index in [2.05, 4.69) is 37.1 Å². The van der Waals surface area contributed by atoms with Crippen molar-refractivity contribution in [3.8, 4) is 0 Å². The van der Waals surface area contributed by atoms with Gasteiger partial charge in [-0.15, -0.1) is 0 Å². The number of hydrogen-bond acceptors (Lipinski definition) is 3. The average Bonchev–Trinajstić information content (AvgIpc) is 3.14. The zero-order chi connectivity index (χ0) is 12.0. The topological polar surface area (TPSA) is 37.8 Å². The SMILES string of the molecule is CCNc1cc(C2CC2)nc(C2CC2(C)C)n1. The summed E-state index contributed by atoms with van der Waals surface area (Å²) in [5.74, 6) is 3.35. The molecule has 0 saturated heterocycles. The lowest BCUT2D eigenvalue weighted by Crippen LogP contribution is -2.06. The minimum Gasteiger partial charge on any atom is -0.370 e. The Kier molecular flexibility index (Phi) is 2.39. The van der Waals surface area contributed by atoms with Gasteiger partial charge in [0.2, 0.25) is 0 Å². The number of nitrogens with zero attached hydrogens (tertiary/aromatic N) is 2. The third-order valence-electron chi connectivity index (χ3n) is 3.94. The number of rotatable bonds is 4. The van der Waals surface area contributed by atoms with Gasteiger partial charge in [0.1, 0.15) is 11.6 Å². The van der Waals surface area contributed by atoms with E-state index >= 15 is 0 Å². The quantitative estimate of drug-likeness (QED) is 0.864. The Balaban J connectivity index is 1.91. The van der Waals surface area contributed by atoms with E-state index in [1.807, 2.05) is 0 Å². The van der Waals surface area contributed by atoms with Gasteiger partial charge < -0.3 is 5.32 Å². The molecule has 1 N–H and O–H groups in total. The van der Waals surface area contributed by atoms with E-state index < -0.39 is 0 Å². The molecule has 0 aliphatic heterocycles. The first-order valence-corrected chi connectivity index (χ1v) is 6.73. The molecule has 2 fully saturated rings. The smallest absolute Gasteiger partial charge is 0.134 e. The summed E-state index contributed by atoms with van der Waals surface area (Å²) in [5, 5.41) is 3.33. The molecule has 2 saturated carbocycles. The molecule has 92 valence electrons. The number of anilines is 1. The highest BCUT2D eigenvalue weighted by Crippen LogP contribution is 2.58. The minimum absolute atomic E-state index is 0.408. The molecule has 1 atom stereocenters. The first-order valence-electron chi connectivity index (χ1n) is 6.73. The molecule has 2 aliphatic carbocycles. The Hall–Kier alpha value is -1.12. The fourth-order valence-corrected chi connectivity index (χ4v) is 2.41. The third kappa shape index (κ3) is 2.15. The molecule has 0 bridgehead atoms. The molecule has 3 nitrogen and oxygen atoms in total. The van der Waals surface area contributed by atoms with Crippen LogP contribution in [0.5, 0.6) is 0 Å². The van der Waals surface area contributed by atoms with Crippen LogP contribution in [0.3, 0.4) is 0 Å². The maximum Gasteiger partial charge on any atom is 0.134 e. The Labute approximate surface area is 103 Å². The van der Waals surface area contributed by atoms with E-state index in [0.717, 1.165) is 18.2 Å². The predicted molar refractivity (Wildman–Crippen MR) is 69.3 cm³/mol. The van der Waals surface area contributed by atoms with Crippen molar-refractivity contribution in [2.24, 2.45) is 5.41 Å². The van der Waals surface area contributed by atoms with Crippen molar-refractivity contribution in [2.75, 3.05) is 11.9 Å². The van der Waals surface area contributed by atoms with Crippen molar-refractivity contribution in [3.05, 3.63) is 17.6 Å². The molecule has 17 heavy (non-hydrogen) atoms. The molecule has 3 heteroatoms. The fraction of sp³-hybridized carbons (Fsp3) is 0.714. The molecule has 3 rings (SSSR count). The summed E-state index contributed by atoms with van der Waals surface area (Å²) in [6.45, 7) is 7.64. The van der Waals surface area contributed by atoms with Crippen molar-refractivity contribution in [2.45, 2.75) is 51.9 Å². The first-order chi connectivity index (χ1) is 8.10. The summed E-state index contributed by atoms with van der Waals surface area (Å²) in [7, 11) is 0. The molecule has 1 aromatic rings. The Bertz CT molecular complexity index is 435. The van der Waals surface area contributed by atoms with E-state index in [1.54, 1.807) is 0 Å². The lowest BCUT2D eigenvalue weighted by molar-refractivity contribution is 0.607. The van der Waals surface area contributed by atoms with Crippen LogP contribution in [0.25, 0.3) is 0 Å². The number of hydrogen-bond donors (Lipinski definition) is 1. The normalized spacial score (nSPS) is 25.7. The Morgan fingerprint density at radius 3 is 2.59 bits per heavy atom. The molecule has 0 aromatic carbocycles. The van der Waals surface area contributed by atoms with Crippen molar-refractivity contribution in [1.29, 1.82) is 0 Å². The Morgan fingerprint density at radius 1 is 1.35 bits per heavy atom. The highest BCUT2D eigenvalue weighted by atomic mass is 15.0.